The van der Waals surface area contributed by atoms with Gasteiger partial charge in [0.05, 0.1) is 29.5 Å². The van der Waals surface area contributed by atoms with Crippen molar-refractivity contribution in [2.24, 2.45) is 5.92 Å². The molecular formula is C14H22N2O3S. The van der Waals surface area contributed by atoms with Gasteiger partial charge in [0.1, 0.15) is 5.75 Å². The Morgan fingerprint density at radius 3 is 2.90 bits per heavy atom. The molecule has 0 bridgehead atoms. The Morgan fingerprint density at radius 2 is 2.25 bits per heavy atom. The lowest BCUT2D eigenvalue weighted by Crippen LogP contribution is -2.16. The molecule has 0 amide bonds. The topological polar surface area (TPSA) is 81.4 Å². The van der Waals surface area contributed by atoms with Crippen LogP contribution in [-0.2, 0) is 9.84 Å². The number of sulfone groups is 1. The second-order valence-electron chi connectivity index (χ2n) is 5.22. The van der Waals surface area contributed by atoms with E-state index in [9.17, 15) is 8.42 Å². The van der Waals surface area contributed by atoms with Crippen molar-refractivity contribution in [1.29, 1.82) is 0 Å². The molecular weight excluding hydrogens is 276 g/mol. The van der Waals surface area contributed by atoms with Crippen LogP contribution in [-0.4, -0.2) is 33.1 Å². The van der Waals surface area contributed by atoms with E-state index in [1.807, 2.05) is 25.1 Å². The number of benzene rings is 1. The molecule has 2 rings (SSSR count). The standard InChI is InChI=1S/C14H22N2O3S/c1-2-7-19-13-5-3-4-12(14(13)15)16-9-11-6-8-20(17,18)10-11/h3-5,11,16H,2,6-10,15H2,1H3. The Bertz CT molecular complexity index is 558. The van der Waals surface area contributed by atoms with Crippen LogP contribution in [0.3, 0.4) is 0 Å². The molecule has 1 fully saturated rings. The second-order valence-corrected chi connectivity index (χ2v) is 7.44. The zero-order valence-electron chi connectivity index (χ0n) is 11.8. The Hall–Kier alpha value is -1.43. The van der Waals surface area contributed by atoms with Gasteiger partial charge in [-0.2, -0.15) is 0 Å². The van der Waals surface area contributed by atoms with Gasteiger partial charge in [0.2, 0.25) is 0 Å². The normalized spacial score (nSPS) is 20.8. The highest BCUT2D eigenvalue weighted by Gasteiger charge is 2.27. The molecule has 6 heteroatoms. The Balaban J connectivity index is 1.96. The van der Waals surface area contributed by atoms with E-state index >= 15 is 0 Å². The van der Waals surface area contributed by atoms with Gasteiger partial charge in [-0.25, -0.2) is 8.42 Å². The average molecular weight is 298 g/mol. The molecule has 20 heavy (non-hydrogen) atoms. The highest BCUT2D eigenvalue weighted by molar-refractivity contribution is 7.91. The van der Waals surface area contributed by atoms with Crippen LogP contribution in [0.25, 0.3) is 0 Å². The fourth-order valence-electron chi connectivity index (χ4n) is 2.32. The molecule has 0 saturated carbocycles. The first-order valence-electron chi connectivity index (χ1n) is 6.97. The number of nitrogens with two attached hydrogens (primary N) is 1. The minimum absolute atomic E-state index is 0.166. The zero-order valence-corrected chi connectivity index (χ0v) is 12.6. The molecule has 1 unspecified atom stereocenters. The number of rotatable bonds is 6. The lowest BCUT2D eigenvalue weighted by molar-refractivity contribution is 0.319. The molecule has 1 aliphatic rings. The van der Waals surface area contributed by atoms with Crippen LogP contribution in [0.1, 0.15) is 19.8 Å². The molecule has 3 N–H and O–H groups in total. The van der Waals surface area contributed by atoms with E-state index in [0.29, 0.717) is 30.3 Å². The minimum atomic E-state index is -2.83. The van der Waals surface area contributed by atoms with Crippen molar-refractivity contribution in [2.75, 3.05) is 35.7 Å². The van der Waals surface area contributed by atoms with Gasteiger partial charge < -0.3 is 15.8 Å². The van der Waals surface area contributed by atoms with Gasteiger partial charge in [-0.15, -0.1) is 0 Å². The number of hydrogen-bond acceptors (Lipinski definition) is 5. The number of nitrogens with one attached hydrogen (secondary N) is 1. The summed E-state index contributed by atoms with van der Waals surface area (Å²) in [5.41, 5.74) is 7.45. The van der Waals surface area contributed by atoms with Crippen LogP contribution >= 0.6 is 0 Å². The predicted molar refractivity (Wildman–Crippen MR) is 81.9 cm³/mol. The van der Waals surface area contributed by atoms with Crippen LogP contribution in [0.5, 0.6) is 5.75 Å². The van der Waals surface area contributed by atoms with Gasteiger partial charge in [0, 0.05) is 6.54 Å². The van der Waals surface area contributed by atoms with Crippen LogP contribution in [0.2, 0.25) is 0 Å². The Morgan fingerprint density at radius 1 is 1.45 bits per heavy atom. The molecule has 5 nitrogen and oxygen atoms in total. The van der Waals surface area contributed by atoms with Crippen LogP contribution in [0.4, 0.5) is 11.4 Å². The van der Waals surface area contributed by atoms with E-state index in [0.717, 1.165) is 18.5 Å². The molecule has 1 aromatic rings. The van der Waals surface area contributed by atoms with Gasteiger partial charge in [0.25, 0.3) is 0 Å². The van der Waals surface area contributed by atoms with Crippen molar-refractivity contribution in [3.05, 3.63) is 18.2 Å². The maximum atomic E-state index is 11.4. The molecule has 1 aromatic carbocycles. The van der Waals surface area contributed by atoms with Crippen molar-refractivity contribution in [1.82, 2.24) is 0 Å². The first-order chi connectivity index (χ1) is 9.52. The third kappa shape index (κ3) is 3.79. The Kier molecular flexibility index (Phi) is 4.75. The molecule has 1 saturated heterocycles. The van der Waals surface area contributed by atoms with Gasteiger partial charge >= 0.3 is 0 Å². The minimum Gasteiger partial charge on any atom is -0.491 e. The number of ether oxygens (including phenoxy) is 1. The molecule has 0 radical (unpaired) electrons. The summed E-state index contributed by atoms with van der Waals surface area (Å²) >= 11 is 0. The van der Waals surface area contributed by atoms with Crippen molar-refractivity contribution >= 4 is 21.2 Å². The lowest BCUT2D eigenvalue weighted by Gasteiger charge is -2.15. The molecule has 112 valence electrons. The van der Waals surface area contributed by atoms with Crippen molar-refractivity contribution < 1.29 is 13.2 Å². The largest absolute Gasteiger partial charge is 0.491 e. The van der Waals surface area contributed by atoms with Gasteiger partial charge in [-0.05, 0) is 30.9 Å². The number of anilines is 2. The molecule has 0 aliphatic carbocycles. The summed E-state index contributed by atoms with van der Waals surface area (Å²) in [6.07, 6.45) is 1.65. The first-order valence-corrected chi connectivity index (χ1v) is 8.79. The van der Waals surface area contributed by atoms with Gasteiger partial charge in [0.15, 0.2) is 9.84 Å². The zero-order chi connectivity index (χ0) is 14.6. The van der Waals surface area contributed by atoms with Crippen LogP contribution in [0.15, 0.2) is 18.2 Å². The fraction of sp³-hybridized carbons (Fsp3) is 0.571. The van der Waals surface area contributed by atoms with Gasteiger partial charge in [-0.1, -0.05) is 13.0 Å². The van der Waals surface area contributed by atoms with Crippen molar-refractivity contribution in [2.45, 2.75) is 19.8 Å². The number of para-hydroxylation sites is 1. The second kappa shape index (κ2) is 6.35. The SMILES string of the molecule is CCCOc1cccc(NCC2CCS(=O)(=O)C2)c1N. The maximum absolute atomic E-state index is 11.4. The molecule has 1 heterocycles. The summed E-state index contributed by atoms with van der Waals surface area (Å²) in [6, 6.07) is 5.61. The van der Waals surface area contributed by atoms with Crippen molar-refractivity contribution in [3.63, 3.8) is 0 Å². The van der Waals surface area contributed by atoms with E-state index in [1.165, 1.54) is 0 Å². The summed E-state index contributed by atoms with van der Waals surface area (Å²) in [6.45, 7) is 3.30. The van der Waals surface area contributed by atoms with E-state index in [4.69, 9.17) is 10.5 Å². The summed E-state index contributed by atoms with van der Waals surface area (Å²) < 4.78 is 28.4. The summed E-state index contributed by atoms with van der Waals surface area (Å²) in [5.74, 6) is 1.41. The molecule has 0 aromatic heterocycles. The monoisotopic (exact) mass is 298 g/mol. The first kappa shape index (κ1) is 15.0. The molecule has 1 aliphatic heterocycles. The summed E-state index contributed by atoms with van der Waals surface area (Å²) in [7, 11) is -2.83. The third-order valence-corrected chi connectivity index (χ3v) is 5.27. The number of hydrogen-bond donors (Lipinski definition) is 2. The summed E-state index contributed by atoms with van der Waals surface area (Å²) in [5, 5.41) is 3.24. The maximum Gasteiger partial charge on any atom is 0.150 e. The highest BCUT2D eigenvalue weighted by atomic mass is 32.2. The number of nitrogen functional groups attached to an aromatic ring is 1. The van der Waals surface area contributed by atoms with Crippen LogP contribution in [0, 0.1) is 5.92 Å². The Labute approximate surface area is 120 Å². The fourth-order valence-corrected chi connectivity index (χ4v) is 4.19. The van der Waals surface area contributed by atoms with Crippen molar-refractivity contribution in [3.8, 4) is 5.75 Å². The summed E-state index contributed by atoms with van der Waals surface area (Å²) in [4.78, 5) is 0. The lowest BCUT2D eigenvalue weighted by atomic mass is 10.1. The van der Waals surface area contributed by atoms with E-state index < -0.39 is 9.84 Å². The molecule has 0 spiro atoms. The van der Waals surface area contributed by atoms with E-state index in [-0.39, 0.29) is 11.7 Å². The molecule has 1 atom stereocenters. The third-order valence-electron chi connectivity index (χ3n) is 3.44. The van der Waals surface area contributed by atoms with E-state index in [1.54, 1.807) is 0 Å². The highest BCUT2D eigenvalue weighted by Crippen LogP contribution is 2.30. The smallest absolute Gasteiger partial charge is 0.150 e. The predicted octanol–water partition coefficient (Wildman–Crippen LogP) is 1.90. The average Bonchev–Trinajstić information content (AvgIpc) is 2.76. The van der Waals surface area contributed by atoms with E-state index in [2.05, 4.69) is 5.32 Å². The van der Waals surface area contributed by atoms with Crippen LogP contribution < -0.4 is 15.8 Å². The quantitative estimate of drug-likeness (QED) is 0.784. The van der Waals surface area contributed by atoms with Gasteiger partial charge in [-0.3, -0.25) is 0 Å².